The summed E-state index contributed by atoms with van der Waals surface area (Å²) >= 11 is 0. The van der Waals surface area contributed by atoms with Crippen molar-refractivity contribution < 1.29 is 24.0 Å². The standard InChI is InChI=1S/C31H37N5O5/c37-26(29(40)33-19-6-7-19)23(14-18-8-12-32-27(18)38)35-28(39)25-16-31(9-10-31)11-13-36(25)30(41)24-15-21-20(17-4-5-17)2-1-3-22(21)34-24/h1-3,15,17-19,23,25,34H,4-14,16H2,(H,32,38)(H,33,40)(H,35,39). The number of nitrogens with one attached hydrogen (secondary N) is 4. The summed E-state index contributed by atoms with van der Waals surface area (Å²) in [5, 5.41) is 9.37. The number of H-pyrrole nitrogens is 1. The first-order valence-electron chi connectivity index (χ1n) is 15.2. The van der Waals surface area contributed by atoms with E-state index in [1.54, 1.807) is 4.90 Å². The minimum Gasteiger partial charge on any atom is -0.356 e. The Morgan fingerprint density at radius 1 is 1.05 bits per heavy atom. The average Bonchev–Trinajstić information content (AvgIpc) is 3.91. The van der Waals surface area contributed by atoms with E-state index in [9.17, 15) is 24.0 Å². The third-order valence-electron chi connectivity index (χ3n) is 9.80. The quantitative estimate of drug-likeness (QED) is 0.349. The zero-order valence-corrected chi connectivity index (χ0v) is 23.2. The molecule has 2 aromatic rings. The molecule has 3 heterocycles. The number of Topliss-reactive ketones (excluding diaryl/α,β-unsaturated/α-hetero) is 1. The van der Waals surface area contributed by atoms with Crippen molar-refractivity contribution in [2.24, 2.45) is 11.3 Å². The minimum atomic E-state index is -1.13. The number of fused-ring (bicyclic) bond motifs is 1. The number of ketones is 1. The van der Waals surface area contributed by atoms with Gasteiger partial charge in [0.25, 0.3) is 11.8 Å². The molecule has 4 N–H and O–H groups in total. The van der Waals surface area contributed by atoms with Gasteiger partial charge in [-0.05, 0) is 93.2 Å². The molecule has 216 valence electrons. The summed E-state index contributed by atoms with van der Waals surface area (Å²) in [5.74, 6) is -2.22. The van der Waals surface area contributed by atoms with Crippen LogP contribution in [0.4, 0.5) is 0 Å². The first-order chi connectivity index (χ1) is 19.8. The number of aromatic nitrogens is 1. The molecule has 3 saturated carbocycles. The molecule has 3 aliphatic carbocycles. The van der Waals surface area contributed by atoms with E-state index in [0.717, 1.165) is 55.8 Å². The van der Waals surface area contributed by atoms with E-state index in [4.69, 9.17) is 0 Å². The van der Waals surface area contributed by atoms with Crippen LogP contribution in [0.2, 0.25) is 0 Å². The Morgan fingerprint density at radius 2 is 1.85 bits per heavy atom. The second-order valence-electron chi connectivity index (χ2n) is 12.9. The molecule has 2 saturated heterocycles. The second-order valence-corrected chi connectivity index (χ2v) is 12.9. The van der Waals surface area contributed by atoms with Crippen LogP contribution >= 0.6 is 0 Å². The smallest absolute Gasteiger partial charge is 0.289 e. The van der Waals surface area contributed by atoms with E-state index in [1.807, 2.05) is 18.2 Å². The molecule has 10 heteroatoms. The first kappa shape index (κ1) is 26.2. The first-order valence-corrected chi connectivity index (χ1v) is 15.2. The molecule has 5 fully saturated rings. The summed E-state index contributed by atoms with van der Waals surface area (Å²) in [6.07, 6.45) is 7.98. The third kappa shape index (κ3) is 5.24. The fourth-order valence-electron chi connectivity index (χ4n) is 6.74. The maximum atomic E-state index is 13.9. The summed E-state index contributed by atoms with van der Waals surface area (Å²) < 4.78 is 0. The van der Waals surface area contributed by atoms with Crippen molar-refractivity contribution in [1.29, 1.82) is 0 Å². The largest absolute Gasteiger partial charge is 0.356 e. The minimum absolute atomic E-state index is 0.00416. The summed E-state index contributed by atoms with van der Waals surface area (Å²) in [7, 11) is 0. The van der Waals surface area contributed by atoms with E-state index in [1.165, 1.54) is 5.56 Å². The van der Waals surface area contributed by atoms with Crippen molar-refractivity contribution in [2.75, 3.05) is 13.1 Å². The number of hydrogen-bond acceptors (Lipinski definition) is 5. The van der Waals surface area contributed by atoms with Crippen LogP contribution in [0.3, 0.4) is 0 Å². The molecule has 10 nitrogen and oxygen atoms in total. The molecule has 1 spiro atoms. The van der Waals surface area contributed by atoms with Crippen molar-refractivity contribution in [3.05, 3.63) is 35.5 Å². The number of hydrogen-bond donors (Lipinski definition) is 4. The second kappa shape index (κ2) is 9.99. The van der Waals surface area contributed by atoms with Gasteiger partial charge in [0.05, 0.1) is 6.04 Å². The number of carbonyl (C=O) groups is 5. The van der Waals surface area contributed by atoms with Gasteiger partial charge in [-0.15, -0.1) is 0 Å². The van der Waals surface area contributed by atoms with Gasteiger partial charge < -0.3 is 25.8 Å². The fraction of sp³-hybridized carbons (Fsp3) is 0.581. The maximum absolute atomic E-state index is 13.9. The molecule has 3 unspecified atom stereocenters. The van der Waals surface area contributed by atoms with Crippen LogP contribution in [0.15, 0.2) is 24.3 Å². The summed E-state index contributed by atoms with van der Waals surface area (Å²) in [6.45, 7) is 0.959. The summed E-state index contributed by atoms with van der Waals surface area (Å²) in [4.78, 5) is 71.0. The average molecular weight is 560 g/mol. The highest BCUT2D eigenvalue weighted by molar-refractivity contribution is 6.38. The lowest BCUT2D eigenvalue weighted by atomic mass is 9.86. The van der Waals surface area contributed by atoms with Crippen LogP contribution in [0.1, 0.15) is 86.2 Å². The van der Waals surface area contributed by atoms with E-state index >= 15 is 0 Å². The number of benzene rings is 1. The SMILES string of the molecule is O=C(NC1CC1)C(=O)C(CC1CCNC1=O)NC(=O)C1CC2(CCN1C(=O)c1cc3c(C4CC4)cccc3[nH]1)CC2. The molecule has 7 rings (SSSR count). The number of carbonyl (C=O) groups excluding carboxylic acids is 5. The van der Waals surface area contributed by atoms with Crippen molar-refractivity contribution in [1.82, 2.24) is 25.8 Å². The van der Waals surface area contributed by atoms with Crippen LogP contribution in [0, 0.1) is 11.3 Å². The molecule has 0 radical (unpaired) electrons. The predicted molar refractivity (Wildman–Crippen MR) is 150 cm³/mol. The highest BCUT2D eigenvalue weighted by Gasteiger charge is 2.51. The molecule has 5 aliphatic rings. The topological polar surface area (TPSA) is 140 Å². The van der Waals surface area contributed by atoms with Crippen molar-refractivity contribution in [2.45, 2.75) is 88.3 Å². The Labute approximate surface area is 238 Å². The highest BCUT2D eigenvalue weighted by Crippen LogP contribution is 2.55. The fourth-order valence-corrected chi connectivity index (χ4v) is 6.74. The Balaban J connectivity index is 1.13. The maximum Gasteiger partial charge on any atom is 0.289 e. The van der Waals surface area contributed by atoms with Gasteiger partial charge in [-0.25, -0.2) is 0 Å². The number of amides is 4. The zero-order valence-electron chi connectivity index (χ0n) is 23.2. The lowest BCUT2D eigenvalue weighted by molar-refractivity contribution is -0.141. The van der Waals surface area contributed by atoms with Crippen LogP contribution in [0.25, 0.3) is 10.9 Å². The van der Waals surface area contributed by atoms with Crippen LogP contribution in [-0.4, -0.2) is 70.5 Å². The molecular weight excluding hydrogens is 522 g/mol. The van der Waals surface area contributed by atoms with Gasteiger partial charge in [0.15, 0.2) is 0 Å². The lowest BCUT2D eigenvalue weighted by Crippen LogP contribution is -2.58. The molecule has 1 aromatic carbocycles. The highest BCUT2D eigenvalue weighted by atomic mass is 16.2. The van der Waals surface area contributed by atoms with Gasteiger partial charge in [0.2, 0.25) is 17.6 Å². The van der Waals surface area contributed by atoms with Gasteiger partial charge in [-0.3, -0.25) is 24.0 Å². The normalized spacial score (nSPS) is 25.6. The van der Waals surface area contributed by atoms with Crippen molar-refractivity contribution in [3.63, 3.8) is 0 Å². The monoisotopic (exact) mass is 559 g/mol. The van der Waals surface area contributed by atoms with E-state index in [-0.39, 0.29) is 29.7 Å². The Kier molecular flexibility index (Phi) is 6.39. The number of nitrogens with zero attached hydrogens (tertiary/aromatic N) is 1. The van der Waals surface area contributed by atoms with Crippen molar-refractivity contribution in [3.8, 4) is 0 Å². The molecule has 1 aromatic heterocycles. The molecule has 0 bridgehead atoms. The Morgan fingerprint density at radius 3 is 2.54 bits per heavy atom. The van der Waals surface area contributed by atoms with E-state index in [0.29, 0.717) is 37.5 Å². The van der Waals surface area contributed by atoms with Crippen LogP contribution in [-0.2, 0) is 19.2 Å². The van der Waals surface area contributed by atoms with E-state index < -0.39 is 35.6 Å². The molecular formula is C31H37N5O5. The molecule has 4 amide bonds. The van der Waals surface area contributed by atoms with Crippen LogP contribution in [0.5, 0.6) is 0 Å². The van der Waals surface area contributed by atoms with E-state index in [2.05, 4.69) is 27.0 Å². The summed E-state index contributed by atoms with van der Waals surface area (Å²) in [6, 6.07) is 6.13. The zero-order chi connectivity index (χ0) is 28.3. The summed E-state index contributed by atoms with van der Waals surface area (Å²) in [5.41, 5.74) is 2.67. The molecule has 2 aliphatic heterocycles. The predicted octanol–water partition coefficient (Wildman–Crippen LogP) is 2.29. The van der Waals surface area contributed by atoms with Gasteiger partial charge in [-0.2, -0.15) is 0 Å². The van der Waals surface area contributed by atoms with Crippen LogP contribution < -0.4 is 16.0 Å². The van der Waals surface area contributed by atoms with Gasteiger partial charge in [0, 0.05) is 36.0 Å². The lowest BCUT2D eigenvalue weighted by Gasteiger charge is -2.39. The number of piperidine rings is 1. The van der Waals surface area contributed by atoms with Gasteiger partial charge >= 0.3 is 0 Å². The Hall–Kier alpha value is -3.69. The third-order valence-corrected chi connectivity index (χ3v) is 9.80. The number of rotatable bonds is 9. The number of aromatic amines is 1. The Bertz CT molecular complexity index is 1440. The van der Waals surface area contributed by atoms with Gasteiger partial charge in [0.1, 0.15) is 11.7 Å². The number of likely N-dealkylation sites (tertiary alicyclic amines) is 1. The van der Waals surface area contributed by atoms with Gasteiger partial charge in [-0.1, -0.05) is 12.1 Å². The van der Waals surface area contributed by atoms with Crippen molar-refractivity contribution >= 4 is 40.3 Å². The molecule has 3 atom stereocenters. The molecule has 41 heavy (non-hydrogen) atoms.